The molecule has 1 aromatic carbocycles. The molecule has 0 radical (unpaired) electrons. The molecule has 1 aromatic rings. The molecule has 0 amide bonds. The molecule has 2 rings (SSSR count). The molecule has 1 fully saturated rings. The third-order valence-electron chi connectivity index (χ3n) is 4.11. The number of aliphatic hydroxyl groups is 1. The second-order valence-corrected chi connectivity index (χ2v) is 5.81. The first-order valence-corrected chi connectivity index (χ1v) is 8.24. The Hall–Kier alpha value is -1.76. The number of rotatable bonds is 9. The van der Waals surface area contributed by atoms with Crippen LogP contribution in [0.5, 0.6) is 11.5 Å². The van der Waals surface area contributed by atoms with Gasteiger partial charge in [-0.2, -0.15) is 0 Å². The van der Waals surface area contributed by atoms with Crippen molar-refractivity contribution in [3.63, 3.8) is 0 Å². The minimum atomic E-state index is -0.466. The van der Waals surface area contributed by atoms with Gasteiger partial charge in [0.2, 0.25) is 0 Å². The molecule has 1 heterocycles. The fourth-order valence-electron chi connectivity index (χ4n) is 2.86. The van der Waals surface area contributed by atoms with Crippen molar-refractivity contribution in [3.8, 4) is 11.5 Å². The Balaban J connectivity index is 1.85. The molecule has 0 bridgehead atoms. The van der Waals surface area contributed by atoms with Gasteiger partial charge in [-0.3, -0.25) is 4.90 Å². The van der Waals surface area contributed by atoms with Gasteiger partial charge in [-0.15, -0.1) is 6.58 Å². The average molecular weight is 336 g/mol. The third-order valence-corrected chi connectivity index (χ3v) is 4.11. The van der Waals surface area contributed by atoms with Gasteiger partial charge in [0.05, 0.1) is 39.2 Å². The predicted octanol–water partition coefficient (Wildman–Crippen LogP) is 1.39. The molecule has 134 valence electrons. The van der Waals surface area contributed by atoms with E-state index in [0.717, 1.165) is 43.4 Å². The summed E-state index contributed by atoms with van der Waals surface area (Å²) in [5.41, 5.74) is 1.08. The van der Waals surface area contributed by atoms with Crippen molar-refractivity contribution in [2.24, 2.45) is 0 Å². The number of hydrogen-bond donors (Lipinski definition) is 1. The highest BCUT2D eigenvalue weighted by Crippen LogP contribution is 2.32. The van der Waals surface area contributed by atoms with Crippen LogP contribution in [0.4, 0.5) is 5.69 Å². The van der Waals surface area contributed by atoms with Crippen molar-refractivity contribution >= 4 is 5.69 Å². The first-order valence-electron chi connectivity index (χ1n) is 8.24. The van der Waals surface area contributed by atoms with Gasteiger partial charge < -0.3 is 24.2 Å². The summed E-state index contributed by atoms with van der Waals surface area (Å²) in [6.45, 7) is 8.62. The number of hydrogen-bond acceptors (Lipinski definition) is 6. The summed E-state index contributed by atoms with van der Waals surface area (Å²) < 4.78 is 16.0. The van der Waals surface area contributed by atoms with Crippen LogP contribution in [-0.2, 0) is 4.74 Å². The zero-order chi connectivity index (χ0) is 17.4. The number of anilines is 1. The Morgan fingerprint density at radius 3 is 2.58 bits per heavy atom. The Labute approximate surface area is 144 Å². The number of piperazine rings is 1. The van der Waals surface area contributed by atoms with Gasteiger partial charge >= 0.3 is 0 Å². The number of aliphatic hydroxyl groups excluding tert-OH is 1. The fraction of sp³-hybridized carbons (Fsp3) is 0.556. The van der Waals surface area contributed by atoms with Gasteiger partial charge in [0.25, 0.3) is 0 Å². The summed E-state index contributed by atoms with van der Waals surface area (Å²) in [5.74, 6) is 1.61. The fourth-order valence-corrected chi connectivity index (χ4v) is 2.86. The summed E-state index contributed by atoms with van der Waals surface area (Å²) in [4.78, 5) is 4.56. The zero-order valence-corrected chi connectivity index (χ0v) is 14.6. The summed E-state index contributed by atoms with van der Waals surface area (Å²) >= 11 is 0. The Morgan fingerprint density at radius 1 is 1.21 bits per heavy atom. The standard InChI is InChI=1S/C18H28N2O4/c1-4-11-24-14-15(21)13-19-7-9-20(10-8-19)17-6-5-16(22-2)12-18(17)23-3/h4-6,12,15,21H,1,7-11,13-14H2,2-3H3. The van der Waals surface area contributed by atoms with E-state index in [9.17, 15) is 5.11 Å². The van der Waals surface area contributed by atoms with E-state index in [0.29, 0.717) is 19.8 Å². The molecule has 24 heavy (non-hydrogen) atoms. The minimum absolute atomic E-state index is 0.346. The summed E-state index contributed by atoms with van der Waals surface area (Å²) in [7, 11) is 3.32. The number of ether oxygens (including phenoxy) is 3. The highest BCUT2D eigenvalue weighted by Gasteiger charge is 2.21. The zero-order valence-electron chi connectivity index (χ0n) is 14.6. The topological polar surface area (TPSA) is 54.4 Å². The largest absolute Gasteiger partial charge is 0.497 e. The minimum Gasteiger partial charge on any atom is -0.497 e. The van der Waals surface area contributed by atoms with Crippen LogP contribution in [0.3, 0.4) is 0 Å². The van der Waals surface area contributed by atoms with Gasteiger partial charge in [0.1, 0.15) is 11.5 Å². The molecular weight excluding hydrogens is 308 g/mol. The highest BCUT2D eigenvalue weighted by molar-refractivity contribution is 5.61. The molecular formula is C18H28N2O4. The molecule has 1 N–H and O–H groups in total. The maximum atomic E-state index is 10.0. The number of β-amino-alcohol motifs (C(OH)–C–C–N with tert-alkyl or cyclic N) is 1. The Morgan fingerprint density at radius 2 is 1.96 bits per heavy atom. The normalized spacial score (nSPS) is 16.7. The van der Waals surface area contributed by atoms with Crippen LogP contribution in [0.1, 0.15) is 0 Å². The Kier molecular flexibility index (Phi) is 7.36. The maximum Gasteiger partial charge on any atom is 0.145 e. The van der Waals surface area contributed by atoms with E-state index in [-0.39, 0.29) is 0 Å². The van der Waals surface area contributed by atoms with Gasteiger partial charge in [0.15, 0.2) is 0 Å². The van der Waals surface area contributed by atoms with Crippen molar-refractivity contribution in [3.05, 3.63) is 30.9 Å². The summed E-state index contributed by atoms with van der Waals surface area (Å²) in [6.07, 6.45) is 1.22. The van der Waals surface area contributed by atoms with Crippen LogP contribution >= 0.6 is 0 Å². The van der Waals surface area contributed by atoms with E-state index in [2.05, 4.69) is 16.4 Å². The highest BCUT2D eigenvalue weighted by atomic mass is 16.5. The molecule has 6 nitrogen and oxygen atoms in total. The van der Waals surface area contributed by atoms with E-state index < -0.39 is 6.10 Å². The second-order valence-electron chi connectivity index (χ2n) is 5.81. The van der Waals surface area contributed by atoms with Gasteiger partial charge in [-0.05, 0) is 12.1 Å². The van der Waals surface area contributed by atoms with E-state index in [4.69, 9.17) is 14.2 Å². The van der Waals surface area contributed by atoms with Crippen molar-refractivity contribution in [1.29, 1.82) is 0 Å². The van der Waals surface area contributed by atoms with Gasteiger partial charge in [-0.1, -0.05) is 6.08 Å². The number of benzene rings is 1. The van der Waals surface area contributed by atoms with E-state index >= 15 is 0 Å². The lowest BCUT2D eigenvalue weighted by Gasteiger charge is -2.37. The molecule has 1 aliphatic heterocycles. The first kappa shape index (κ1) is 18.6. The van der Waals surface area contributed by atoms with Crippen LogP contribution < -0.4 is 14.4 Å². The predicted molar refractivity (Wildman–Crippen MR) is 95.2 cm³/mol. The second kappa shape index (κ2) is 9.52. The molecule has 1 saturated heterocycles. The monoisotopic (exact) mass is 336 g/mol. The molecule has 6 heteroatoms. The molecule has 0 aliphatic carbocycles. The lowest BCUT2D eigenvalue weighted by molar-refractivity contribution is 0.0252. The van der Waals surface area contributed by atoms with Crippen molar-refractivity contribution < 1.29 is 19.3 Å². The maximum absolute atomic E-state index is 10.0. The van der Waals surface area contributed by atoms with Crippen LogP contribution in [0, 0.1) is 0 Å². The lowest BCUT2D eigenvalue weighted by atomic mass is 10.2. The van der Waals surface area contributed by atoms with Crippen LogP contribution in [0.2, 0.25) is 0 Å². The molecule has 0 saturated carbocycles. The van der Waals surface area contributed by atoms with Crippen molar-refractivity contribution in [2.45, 2.75) is 6.10 Å². The number of nitrogens with zero attached hydrogens (tertiary/aromatic N) is 2. The third kappa shape index (κ3) is 5.12. The Bertz CT molecular complexity index is 516. The van der Waals surface area contributed by atoms with Crippen molar-refractivity contribution in [1.82, 2.24) is 4.90 Å². The molecule has 1 unspecified atom stereocenters. The summed E-state index contributed by atoms with van der Waals surface area (Å²) in [6, 6.07) is 5.89. The average Bonchev–Trinajstić information content (AvgIpc) is 2.62. The lowest BCUT2D eigenvalue weighted by Crippen LogP contribution is -2.49. The quantitative estimate of drug-likeness (QED) is 0.543. The van der Waals surface area contributed by atoms with Gasteiger partial charge in [0, 0.05) is 38.8 Å². The molecule has 0 spiro atoms. The SMILES string of the molecule is C=CCOCC(O)CN1CCN(c2ccc(OC)cc2OC)CC1. The molecule has 1 aliphatic rings. The van der Waals surface area contributed by atoms with Crippen LogP contribution in [-0.4, -0.2) is 76.3 Å². The molecule has 1 atom stereocenters. The van der Waals surface area contributed by atoms with E-state index in [1.165, 1.54) is 0 Å². The summed E-state index contributed by atoms with van der Waals surface area (Å²) in [5, 5.41) is 10.0. The smallest absolute Gasteiger partial charge is 0.145 e. The van der Waals surface area contributed by atoms with Crippen LogP contribution in [0.25, 0.3) is 0 Å². The van der Waals surface area contributed by atoms with Crippen LogP contribution in [0.15, 0.2) is 30.9 Å². The van der Waals surface area contributed by atoms with Crippen molar-refractivity contribution in [2.75, 3.05) is 65.1 Å². The first-order chi connectivity index (χ1) is 11.7. The number of methoxy groups -OCH3 is 2. The van der Waals surface area contributed by atoms with E-state index in [1.807, 2.05) is 18.2 Å². The van der Waals surface area contributed by atoms with E-state index in [1.54, 1.807) is 20.3 Å². The van der Waals surface area contributed by atoms with Gasteiger partial charge in [-0.25, -0.2) is 0 Å². The molecule has 0 aromatic heterocycles.